The van der Waals surface area contributed by atoms with Gasteiger partial charge in [0.05, 0.1) is 6.61 Å². The molecule has 250 valence electrons. The third-order valence-corrected chi connectivity index (χ3v) is 7.03. The Morgan fingerprint density at radius 2 is 0.977 bits per heavy atom. The highest BCUT2D eigenvalue weighted by molar-refractivity contribution is 5.70. The van der Waals surface area contributed by atoms with E-state index in [2.05, 4.69) is 74.6 Å². The van der Waals surface area contributed by atoms with E-state index in [1.54, 1.807) is 0 Å². The van der Waals surface area contributed by atoms with E-state index in [0.29, 0.717) is 12.8 Å². The maximum atomic E-state index is 12.1. The van der Waals surface area contributed by atoms with E-state index in [-0.39, 0.29) is 31.6 Å². The molecular weight excluding hydrogens is 548 g/mol. The van der Waals surface area contributed by atoms with E-state index in [4.69, 9.17) is 9.47 Å². The van der Waals surface area contributed by atoms with Gasteiger partial charge in [-0.15, -0.1) is 0 Å². The Balaban J connectivity index is 3.75. The molecule has 5 nitrogen and oxygen atoms in total. The highest BCUT2D eigenvalue weighted by Gasteiger charge is 2.15. The van der Waals surface area contributed by atoms with Crippen LogP contribution in [0.5, 0.6) is 0 Å². The first-order chi connectivity index (χ1) is 21.6. The fourth-order valence-corrected chi connectivity index (χ4v) is 4.40. The van der Waals surface area contributed by atoms with Crippen molar-refractivity contribution in [3.05, 3.63) is 72.9 Å². The summed E-state index contributed by atoms with van der Waals surface area (Å²) in [6, 6.07) is 0. The minimum Gasteiger partial charge on any atom is -0.462 e. The van der Waals surface area contributed by atoms with Gasteiger partial charge in [-0.3, -0.25) is 9.59 Å². The highest BCUT2D eigenvalue weighted by atomic mass is 16.6. The number of carbonyl (C=O) groups is 2. The highest BCUT2D eigenvalue weighted by Crippen LogP contribution is 2.12. The van der Waals surface area contributed by atoms with Crippen LogP contribution in [0.2, 0.25) is 0 Å². The summed E-state index contributed by atoms with van der Waals surface area (Å²) >= 11 is 0. The van der Waals surface area contributed by atoms with Gasteiger partial charge >= 0.3 is 11.9 Å². The molecule has 0 rings (SSSR count). The maximum Gasteiger partial charge on any atom is 0.306 e. The summed E-state index contributed by atoms with van der Waals surface area (Å²) in [5, 5.41) is 9.50. The average Bonchev–Trinajstić information content (AvgIpc) is 3.02. The number of aliphatic hydroxyl groups excluding tert-OH is 1. The Morgan fingerprint density at radius 1 is 0.545 bits per heavy atom. The molecule has 0 aliphatic rings. The average molecular weight is 613 g/mol. The number of unbranched alkanes of at least 4 members (excludes halogenated alkanes) is 10. The van der Waals surface area contributed by atoms with Crippen LogP contribution < -0.4 is 0 Å². The second-order valence-corrected chi connectivity index (χ2v) is 11.2. The van der Waals surface area contributed by atoms with Crippen molar-refractivity contribution in [2.75, 3.05) is 13.2 Å². The van der Waals surface area contributed by atoms with E-state index >= 15 is 0 Å². The molecule has 0 saturated carbocycles. The van der Waals surface area contributed by atoms with Gasteiger partial charge in [0.15, 0.2) is 6.10 Å². The van der Waals surface area contributed by atoms with E-state index in [1.807, 2.05) is 12.2 Å². The lowest BCUT2D eigenvalue weighted by Gasteiger charge is -2.15. The quantitative estimate of drug-likeness (QED) is 0.0496. The number of ether oxygens (including phenoxy) is 2. The maximum absolute atomic E-state index is 12.1. The molecule has 0 amide bonds. The summed E-state index contributed by atoms with van der Waals surface area (Å²) in [6.45, 7) is 3.92. The van der Waals surface area contributed by atoms with Crippen LogP contribution in [0.4, 0.5) is 0 Å². The molecule has 0 aromatic rings. The van der Waals surface area contributed by atoms with E-state index in [9.17, 15) is 14.7 Å². The van der Waals surface area contributed by atoms with Crippen LogP contribution >= 0.6 is 0 Å². The van der Waals surface area contributed by atoms with Crippen LogP contribution in [0.15, 0.2) is 72.9 Å². The molecular formula is C39H64O5. The first-order valence-electron chi connectivity index (χ1n) is 17.5. The van der Waals surface area contributed by atoms with E-state index in [1.165, 1.54) is 51.4 Å². The van der Waals surface area contributed by atoms with Crippen molar-refractivity contribution in [2.24, 2.45) is 0 Å². The standard InChI is InChI=1S/C39H64O5/c1-3-5-7-9-11-13-15-16-17-18-19-20-21-22-24-25-27-29-31-33-38(41)43-36-37(35-40)44-39(42)34-32-30-28-26-23-14-12-10-8-6-4-2/h5,7,11,13,16-17,19-20,22,24,27,29,37,40H,3-4,6,8-10,12,14-15,18,21,23,25-26,28,30-36H2,1-2H3/b7-5-,13-11-,17-16-,20-19-,24-22-,29-27-/t37-/m0/s1. The summed E-state index contributed by atoms with van der Waals surface area (Å²) in [4.78, 5) is 24.1. The number of hydrogen-bond acceptors (Lipinski definition) is 5. The van der Waals surface area contributed by atoms with Crippen molar-refractivity contribution in [2.45, 2.75) is 148 Å². The molecule has 0 unspecified atom stereocenters. The molecule has 0 aromatic heterocycles. The summed E-state index contributed by atoms with van der Waals surface area (Å²) in [6.07, 6.45) is 45.4. The van der Waals surface area contributed by atoms with Gasteiger partial charge in [0, 0.05) is 12.8 Å². The fraction of sp³-hybridized carbons (Fsp3) is 0.641. The smallest absolute Gasteiger partial charge is 0.306 e. The van der Waals surface area contributed by atoms with Crippen LogP contribution in [0, 0.1) is 0 Å². The summed E-state index contributed by atoms with van der Waals surface area (Å²) in [5.74, 6) is -0.696. The Morgan fingerprint density at radius 3 is 1.43 bits per heavy atom. The third-order valence-electron chi connectivity index (χ3n) is 7.03. The number of carbonyl (C=O) groups excluding carboxylic acids is 2. The largest absolute Gasteiger partial charge is 0.462 e. The van der Waals surface area contributed by atoms with Gasteiger partial charge in [0.1, 0.15) is 6.61 Å². The van der Waals surface area contributed by atoms with Crippen LogP contribution in [-0.4, -0.2) is 36.4 Å². The molecule has 0 aliphatic carbocycles. The number of allylic oxidation sites excluding steroid dienone is 12. The number of rotatable bonds is 30. The lowest BCUT2D eigenvalue weighted by molar-refractivity contribution is -0.161. The Bertz CT molecular complexity index is 833. The summed E-state index contributed by atoms with van der Waals surface area (Å²) in [5.41, 5.74) is 0. The summed E-state index contributed by atoms with van der Waals surface area (Å²) in [7, 11) is 0. The van der Waals surface area contributed by atoms with Crippen molar-refractivity contribution < 1.29 is 24.2 Å². The Hall–Kier alpha value is -2.66. The molecule has 0 fully saturated rings. The lowest BCUT2D eigenvalue weighted by atomic mass is 10.1. The van der Waals surface area contributed by atoms with Crippen molar-refractivity contribution in [1.82, 2.24) is 0 Å². The predicted octanol–water partition coefficient (Wildman–Crippen LogP) is 10.6. The van der Waals surface area contributed by atoms with Crippen molar-refractivity contribution >= 4 is 11.9 Å². The van der Waals surface area contributed by atoms with Crippen LogP contribution in [0.25, 0.3) is 0 Å². The molecule has 0 bridgehead atoms. The van der Waals surface area contributed by atoms with Crippen LogP contribution in [0.1, 0.15) is 142 Å². The summed E-state index contributed by atoms with van der Waals surface area (Å²) < 4.78 is 10.5. The second-order valence-electron chi connectivity index (χ2n) is 11.2. The first-order valence-corrected chi connectivity index (χ1v) is 17.5. The van der Waals surface area contributed by atoms with Crippen LogP contribution in [-0.2, 0) is 19.1 Å². The first kappa shape index (κ1) is 41.3. The van der Waals surface area contributed by atoms with Gasteiger partial charge in [-0.1, -0.05) is 151 Å². The zero-order valence-electron chi connectivity index (χ0n) is 28.1. The lowest BCUT2D eigenvalue weighted by Crippen LogP contribution is -2.28. The van der Waals surface area contributed by atoms with Crippen molar-refractivity contribution in [3.63, 3.8) is 0 Å². The fourth-order valence-electron chi connectivity index (χ4n) is 4.40. The minimum atomic E-state index is -0.801. The number of aliphatic hydroxyl groups is 1. The van der Waals surface area contributed by atoms with Crippen molar-refractivity contribution in [1.29, 1.82) is 0 Å². The molecule has 0 aromatic carbocycles. The Kier molecular flexibility index (Phi) is 32.7. The molecule has 1 atom stereocenters. The monoisotopic (exact) mass is 612 g/mol. The van der Waals surface area contributed by atoms with Gasteiger partial charge in [-0.05, 0) is 51.4 Å². The molecule has 0 aliphatic heterocycles. The van der Waals surface area contributed by atoms with E-state index in [0.717, 1.165) is 57.8 Å². The number of hydrogen-bond donors (Lipinski definition) is 1. The Labute approximate surface area is 270 Å². The molecule has 44 heavy (non-hydrogen) atoms. The molecule has 0 heterocycles. The zero-order chi connectivity index (χ0) is 32.2. The molecule has 0 saturated heterocycles. The van der Waals surface area contributed by atoms with Gasteiger partial charge in [0.2, 0.25) is 0 Å². The SMILES string of the molecule is CC/C=C\C/C=C\C/C=C\C/C=C\C/C=C\C/C=C\CCC(=O)OC[C@H](CO)OC(=O)CCCCCCCCCCCCC. The molecule has 5 heteroatoms. The van der Waals surface area contributed by atoms with Crippen LogP contribution in [0.3, 0.4) is 0 Å². The van der Waals surface area contributed by atoms with Gasteiger partial charge in [-0.2, -0.15) is 0 Å². The molecule has 1 N–H and O–H groups in total. The van der Waals surface area contributed by atoms with Gasteiger partial charge < -0.3 is 14.6 Å². The van der Waals surface area contributed by atoms with Crippen molar-refractivity contribution in [3.8, 4) is 0 Å². The second kappa shape index (κ2) is 34.8. The van der Waals surface area contributed by atoms with E-state index < -0.39 is 6.10 Å². The molecule has 0 spiro atoms. The topological polar surface area (TPSA) is 72.8 Å². The van der Waals surface area contributed by atoms with Gasteiger partial charge in [0.25, 0.3) is 0 Å². The minimum absolute atomic E-state index is 0.108. The zero-order valence-corrected chi connectivity index (χ0v) is 28.1. The predicted molar refractivity (Wildman–Crippen MR) is 186 cm³/mol. The normalized spacial score (nSPS) is 13.1. The number of esters is 2. The third kappa shape index (κ3) is 32.3. The molecule has 0 radical (unpaired) electrons. The van der Waals surface area contributed by atoms with Gasteiger partial charge in [-0.25, -0.2) is 0 Å².